The molecule has 0 saturated carbocycles. The molecule has 9 rings (SSSR count). The van der Waals surface area contributed by atoms with Crippen LogP contribution in [0.15, 0.2) is 128 Å². The Bertz CT molecular complexity index is 2110. The SMILES string of the molecule is CC1(C)c2[c-]c(-c3ccccn3)cc3c2B(c2ccccc21)c1ccccc1C3(C)C.[Ir].c1ccc(-c2nc3ccccc3[n-]2)nc1. The Hall–Kier alpha value is -4.64. The van der Waals surface area contributed by atoms with E-state index in [4.69, 9.17) is 0 Å². The van der Waals surface area contributed by atoms with Gasteiger partial charge in [-0.25, -0.2) is 0 Å². The molecule has 0 atom stereocenters. The minimum Gasteiger partial charge on any atom is -0.434 e. The van der Waals surface area contributed by atoms with E-state index in [1.165, 1.54) is 38.6 Å². The largest absolute Gasteiger partial charge is 0.434 e. The van der Waals surface area contributed by atoms with Crippen molar-refractivity contribution < 1.29 is 20.1 Å². The number of aromatic nitrogens is 4. The maximum absolute atomic E-state index is 4.66. The van der Waals surface area contributed by atoms with Gasteiger partial charge in [-0.05, 0) is 62.7 Å². The molecule has 47 heavy (non-hydrogen) atoms. The Morgan fingerprint density at radius 2 is 1.19 bits per heavy atom. The average molecular weight is 785 g/mol. The Kier molecular flexibility index (Phi) is 7.82. The summed E-state index contributed by atoms with van der Waals surface area (Å²) in [7, 11) is 0. The van der Waals surface area contributed by atoms with E-state index in [0.717, 1.165) is 28.0 Å². The number of para-hydroxylation sites is 2. The van der Waals surface area contributed by atoms with Crippen LogP contribution >= 0.6 is 0 Å². The van der Waals surface area contributed by atoms with Crippen molar-refractivity contribution in [2.45, 2.75) is 38.5 Å². The molecule has 0 N–H and O–H groups in total. The number of rotatable bonds is 2. The maximum atomic E-state index is 4.66. The first-order valence-electron chi connectivity index (χ1n) is 15.9. The van der Waals surface area contributed by atoms with Crippen molar-refractivity contribution in [3.63, 3.8) is 0 Å². The molecule has 6 heteroatoms. The molecule has 231 valence electrons. The second-order valence-corrected chi connectivity index (χ2v) is 13.2. The normalized spacial score (nSPS) is 14.5. The number of nitrogens with zero attached hydrogens (tertiary/aromatic N) is 4. The van der Waals surface area contributed by atoms with Crippen LogP contribution in [0.2, 0.25) is 0 Å². The van der Waals surface area contributed by atoms with Crippen molar-refractivity contribution in [3.8, 4) is 22.8 Å². The smallest absolute Gasteiger partial charge is 0.192 e. The summed E-state index contributed by atoms with van der Waals surface area (Å²) in [5.74, 6) is 0.691. The molecular formula is C41H33BIrN4-2. The first-order chi connectivity index (χ1) is 22.3. The molecule has 3 aromatic heterocycles. The van der Waals surface area contributed by atoms with Crippen LogP contribution in [0.25, 0.3) is 33.8 Å². The molecule has 7 aromatic rings. The van der Waals surface area contributed by atoms with Crippen molar-refractivity contribution in [1.29, 1.82) is 0 Å². The Morgan fingerprint density at radius 1 is 0.617 bits per heavy atom. The second-order valence-electron chi connectivity index (χ2n) is 13.2. The number of imidazole rings is 1. The number of hydrogen-bond donors (Lipinski definition) is 0. The Balaban J connectivity index is 0.000000184. The van der Waals surface area contributed by atoms with Crippen molar-refractivity contribution in [1.82, 2.24) is 19.9 Å². The summed E-state index contributed by atoms with van der Waals surface area (Å²) in [5.41, 5.74) is 14.4. The molecular weight excluding hydrogens is 752 g/mol. The van der Waals surface area contributed by atoms with Crippen LogP contribution in [0.5, 0.6) is 0 Å². The van der Waals surface area contributed by atoms with E-state index >= 15 is 0 Å². The van der Waals surface area contributed by atoms with Crippen LogP contribution < -0.4 is 21.4 Å². The first-order valence-corrected chi connectivity index (χ1v) is 15.9. The van der Waals surface area contributed by atoms with E-state index in [1.54, 1.807) is 6.20 Å². The van der Waals surface area contributed by atoms with Gasteiger partial charge in [-0.3, -0.25) is 4.98 Å². The zero-order chi connectivity index (χ0) is 31.5. The summed E-state index contributed by atoms with van der Waals surface area (Å²) in [4.78, 5) is 17.7. The van der Waals surface area contributed by atoms with Crippen LogP contribution in [0.4, 0.5) is 0 Å². The van der Waals surface area contributed by atoms with E-state index in [-0.39, 0.29) is 37.6 Å². The van der Waals surface area contributed by atoms with Crippen LogP contribution in [0.3, 0.4) is 0 Å². The minimum absolute atomic E-state index is 0. The van der Waals surface area contributed by atoms with E-state index in [9.17, 15) is 0 Å². The monoisotopic (exact) mass is 785 g/mol. The van der Waals surface area contributed by atoms with E-state index in [2.05, 4.69) is 120 Å². The fourth-order valence-electron chi connectivity index (χ4n) is 7.47. The summed E-state index contributed by atoms with van der Waals surface area (Å²) < 4.78 is 0. The van der Waals surface area contributed by atoms with Gasteiger partial charge in [0.2, 0.25) is 0 Å². The molecule has 2 aliphatic rings. The zero-order valence-electron chi connectivity index (χ0n) is 26.8. The quantitative estimate of drug-likeness (QED) is 0.147. The van der Waals surface area contributed by atoms with Gasteiger partial charge >= 0.3 is 0 Å². The van der Waals surface area contributed by atoms with E-state index < -0.39 is 0 Å². The number of benzene rings is 4. The van der Waals surface area contributed by atoms with Gasteiger partial charge < -0.3 is 15.0 Å². The summed E-state index contributed by atoms with van der Waals surface area (Å²) >= 11 is 0. The van der Waals surface area contributed by atoms with Crippen LogP contribution in [0, 0.1) is 6.07 Å². The number of hydrogen-bond acceptors (Lipinski definition) is 3. The van der Waals surface area contributed by atoms with E-state index in [1.807, 2.05) is 54.7 Å². The van der Waals surface area contributed by atoms with Gasteiger partial charge in [-0.15, -0.1) is 34.3 Å². The molecule has 0 fully saturated rings. The number of fused-ring (bicyclic) bond motifs is 5. The molecule has 0 aliphatic carbocycles. The number of pyridine rings is 2. The molecule has 1 radical (unpaired) electrons. The van der Waals surface area contributed by atoms with Gasteiger partial charge in [0.15, 0.2) is 6.71 Å². The maximum Gasteiger partial charge on any atom is 0.192 e. The van der Waals surface area contributed by atoms with Crippen molar-refractivity contribution in [2.24, 2.45) is 0 Å². The third kappa shape index (κ3) is 5.08. The van der Waals surface area contributed by atoms with Crippen molar-refractivity contribution >= 4 is 34.1 Å². The fraction of sp³-hybridized carbons (Fsp3) is 0.146. The minimum atomic E-state index is -0.121. The standard InChI is InChI=1S/C29H25BN.C12H8N3.Ir/c1-28(2)20-11-5-7-13-24(20)30-25-14-8-6-12-21(25)29(3,4)23-18-19(17-22(28)27(23)30)26-15-9-10-16-31-26;1-2-6-10-9(5-1)14-12(15-10)11-7-3-4-8-13-11;/h5-17H,1-4H3;1-8H;/q2*-1;. The predicted octanol–water partition coefficient (Wildman–Crippen LogP) is 6.60. The Labute approximate surface area is 290 Å². The molecule has 5 heterocycles. The van der Waals surface area contributed by atoms with Crippen molar-refractivity contribution in [2.75, 3.05) is 0 Å². The molecule has 4 nitrogen and oxygen atoms in total. The molecule has 0 saturated heterocycles. The van der Waals surface area contributed by atoms with Crippen LogP contribution in [-0.4, -0.2) is 21.7 Å². The van der Waals surface area contributed by atoms with Crippen molar-refractivity contribution in [3.05, 3.63) is 156 Å². The molecule has 0 bridgehead atoms. The second kappa shape index (κ2) is 11.9. The summed E-state index contributed by atoms with van der Waals surface area (Å²) in [6, 6.07) is 43.9. The van der Waals surface area contributed by atoms with Gasteiger partial charge in [0.25, 0.3) is 0 Å². The molecule has 2 aliphatic heterocycles. The summed E-state index contributed by atoms with van der Waals surface area (Å²) in [5, 5.41) is 0. The average Bonchev–Trinajstić information content (AvgIpc) is 3.54. The fourth-order valence-corrected chi connectivity index (χ4v) is 7.47. The molecule has 0 amide bonds. The third-order valence-corrected chi connectivity index (χ3v) is 9.75. The molecule has 4 aromatic carbocycles. The zero-order valence-corrected chi connectivity index (χ0v) is 29.2. The van der Waals surface area contributed by atoms with Crippen LogP contribution in [-0.2, 0) is 30.9 Å². The Morgan fingerprint density at radius 3 is 1.83 bits per heavy atom. The van der Waals surface area contributed by atoms with Gasteiger partial charge in [-0.1, -0.05) is 130 Å². The van der Waals surface area contributed by atoms with Gasteiger partial charge in [0.1, 0.15) is 0 Å². The molecule has 0 unspecified atom stereocenters. The topological polar surface area (TPSA) is 52.8 Å². The molecule has 0 spiro atoms. The van der Waals surface area contributed by atoms with E-state index in [0.29, 0.717) is 5.82 Å². The predicted molar refractivity (Wildman–Crippen MR) is 189 cm³/mol. The first kappa shape index (κ1) is 31.0. The van der Waals surface area contributed by atoms with Gasteiger partial charge in [0, 0.05) is 32.5 Å². The summed E-state index contributed by atoms with van der Waals surface area (Å²) in [6.45, 7) is 9.70. The van der Waals surface area contributed by atoms with Gasteiger partial charge in [-0.2, -0.15) is 0 Å². The summed E-state index contributed by atoms with van der Waals surface area (Å²) in [6.07, 6.45) is 3.62. The van der Waals surface area contributed by atoms with Gasteiger partial charge in [0.05, 0.1) is 5.69 Å². The van der Waals surface area contributed by atoms with Crippen LogP contribution in [0.1, 0.15) is 49.9 Å². The third-order valence-electron chi connectivity index (χ3n) is 9.75.